The van der Waals surface area contributed by atoms with Crippen LogP contribution in [-0.2, 0) is 0 Å². The predicted octanol–water partition coefficient (Wildman–Crippen LogP) is 8.57. The Bertz CT molecular complexity index is 720. The van der Waals surface area contributed by atoms with E-state index in [0.717, 1.165) is 0 Å². The van der Waals surface area contributed by atoms with Crippen molar-refractivity contribution in [3.63, 3.8) is 0 Å². The summed E-state index contributed by atoms with van der Waals surface area (Å²) < 4.78 is 0. The zero-order valence-electron chi connectivity index (χ0n) is 10.7. The van der Waals surface area contributed by atoms with Gasteiger partial charge < -0.3 is 0 Å². The average molecular weight is 545 g/mol. The lowest BCUT2D eigenvalue weighted by atomic mass is 9.62. The van der Waals surface area contributed by atoms with Crippen LogP contribution < -0.4 is 10.9 Å². The Labute approximate surface area is 193 Å². The molecule has 128 valence electrons. The van der Waals surface area contributed by atoms with E-state index in [2.05, 4.69) is 0 Å². The quantitative estimate of drug-likeness (QED) is 0.202. The average Bonchev–Trinajstić information content (AvgIpc) is 2.55. The van der Waals surface area contributed by atoms with Crippen molar-refractivity contribution in [3.8, 4) is 0 Å². The van der Waals surface area contributed by atoms with Gasteiger partial charge in [0.15, 0.2) is 0 Å². The smallest absolute Gasteiger partial charge is 0.182 e. The van der Waals surface area contributed by atoms with Gasteiger partial charge in [-0.2, -0.15) is 11.5 Å². The van der Waals surface area contributed by atoms with Crippen LogP contribution in [-0.4, -0.2) is 6.13 Å². The largest absolute Gasteiger partial charge is 0.321 e. The van der Waals surface area contributed by atoms with Crippen molar-refractivity contribution in [2.24, 2.45) is 0 Å². The van der Waals surface area contributed by atoms with Gasteiger partial charge in [-0.15, -0.1) is 0 Å². The van der Waals surface area contributed by atoms with E-state index >= 15 is 0 Å². The molecule has 0 N–H and O–H groups in total. The standard InChI is InChI=1S/C12BCl11/c14-3-1(4(15)8(19)11(22)7(3)18)13(24)2-5(16)9(20)12(23)10(21)6(2)17. The van der Waals surface area contributed by atoms with E-state index in [9.17, 15) is 0 Å². The van der Waals surface area contributed by atoms with Gasteiger partial charge in [-0.1, -0.05) is 116 Å². The first-order chi connectivity index (χ1) is 11.0. The van der Waals surface area contributed by atoms with Crippen molar-refractivity contribution in [1.82, 2.24) is 0 Å². The molecule has 2 rings (SSSR count). The Morgan fingerprint density at radius 1 is 0.333 bits per heavy atom. The van der Waals surface area contributed by atoms with Crippen molar-refractivity contribution >= 4 is 145 Å². The van der Waals surface area contributed by atoms with E-state index in [0.29, 0.717) is 0 Å². The molecular weight excluding hydrogens is 545 g/mol. The third-order valence-electron chi connectivity index (χ3n) is 2.99. The fourth-order valence-corrected chi connectivity index (χ4v) is 5.24. The third kappa shape index (κ3) is 3.67. The maximum Gasteiger partial charge on any atom is 0.321 e. The summed E-state index contributed by atoms with van der Waals surface area (Å²) in [5.41, 5.74) is 0.301. The Balaban J connectivity index is 2.84. The molecule has 0 aliphatic carbocycles. The maximum atomic E-state index is 6.49. The Morgan fingerprint density at radius 3 is 0.708 bits per heavy atom. The van der Waals surface area contributed by atoms with Gasteiger partial charge in [-0.05, 0) is 10.9 Å². The zero-order valence-corrected chi connectivity index (χ0v) is 19.1. The molecule has 0 radical (unpaired) electrons. The van der Waals surface area contributed by atoms with Crippen molar-refractivity contribution in [3.05, 3.63) is 50.2 Å². The highest BCUT2D eigenvalue weighted by Crippen LogP contribution is 2.42. The van der Waals surface area contributed by atoms with Crippen LogP contribution in [0.2, 0.25) is 50.2 Å². The van der Waals surface area contributed by atoms with Gasteiger partial charge in [0.05, 0.1) is 50.2 Å². The molecule has 0 aliphatic rings. The lowest BCUT2D eigenvalue weighted by molar-refractivity contribution is 1.72. The van der Waals surface area contributed by atoms with E-state index in [1.54, 1.807) is 0 Å². The molecule has 0 spiro atoms. The maximum absolute atomic E-state index is 6.49. The van der Waals surface area contributed by atoms with Crippen LogP contribution in [0.15, 0.2) is 0 Å². The molecule has 0 aromatic heterocycles. The summed E-state index contributed by atoms with van der Waals surface area (Å²) in [6.07, 6.45) is -1.08. The van der Waals surface area contributed by atoms with Crippen LogP contribution in [0.4, 0.5) is 0 Å². The molecule has 12 heteroatoms. The summed E-state index contributed by atoms with van der Waals surface area (Å²) >= 11 is 67.5. The summed E-state index contributed by atoms with van der Waals surface area (Å²) in [6.45, 7) is 0. The number of hydrogen-bond acceptors (Lipinski definition) is 0. The highest BCUT2D eigenvalue weighted by Gasteiger charge is 2.33. The minimum absolute atomic E-state index is 0.00889. The monoisotopic (exact) mass is 540 g/mol. The molecule has 0 nitrogen and oxygen atoms in total. The van der Waals surface area contributed by atoms with Crippen molar-refractivity contribution in [1.29, 1.82) is 0 Å². The molecule has 2 aromatic rings. The highest BCUT2D eigenvalue weighted by atomic mass is 35.5. The number of halogens is 11. The van der Waals surface area contributed by atoms with Crippen molar-refractivity contribution < 1.29 is 0 Å². The van der Waals surface area contributed by atoms with Gasteiger partial charge in [0.2, 0.25) is 0 Å². The minimum atomic E-state index is -1.08. The number of benzene rings is 2. The third-order valence-corrected chi connectivity index (χ3v) is 8.04. The topological polar surface area (TPSA) is 0 Å². The summed E-state index contributed by atoms with van der Waals surface area (Å²) in [7, 11) is 0. The molecule has 0 unspecified atom stereocenters. The zero-order chi connectivity index (χ0) is 18.5. The fourth-order valence-electron chi connectivity index (χ4n) is 1.83. The van der Waals surface area contributed by atoms with Crippen LogP contribution in [0.3, 0.4) is 0 Å². The summed E-state index contributed by atoms with van der Waals surface area (Å²) in [6, 6.07) is 0. The molecule has 0 atom stereocenters. The van der Waals surface area contributed by atoms with Crippen LogP contribution in [0.1, 0.15) is 0 Å². The fraction of sp³-hybridized carbons (Fsp3) is 0. The normalized spacial score (nSPS) is 11.1. The predicted molar refractivity (Wildman–Crippen MR) is 114 cm³/mol. The molecule has 2 aromatic carbocycles. The molecule has 0 aliphatic heterocycles. The second-order valence-corrected chi connectivity index (χ2v) is 8.55. The van der Waals surface area contributed by atoms with Crippen molar-refractivity contribution in [2.45, 2.75) is 0 Å². The molecule has 0 amide bonds. The minimum Gasteiger partial charge on any atom is -0.182 e. The van der Waals surface area contributed by atoms with E-state index < -0.39 is 6.13 Å². The molecule has 0 bridgehead atoms. The van der Waals surface area contributed by atoms with Crippen LogP contribution in [0.25, 0.3) is 0 Å². The van der Waals surface area contributed by atoms with Gasteiger partial charge >= 0.3 is 6.13 Å². The second-order valence-electron chi connectivity index (χ2n) is 4.33. The highest BCUT2D eigenvalue weighted by molar-refractivity contribution is 7.23. The molecule has 0 heterocycles. The Kier molecular flexibility index (Phi) is 7.67. The Hall–Kier alpha value is 1.69. The lowest BCUT2D eigenvalue weighted by Gasteiger charge is -2.19. The second kappa shape index (κ2) is 8.37. The first-order valence-corrected chi connectivity index (χ1v) is 9.90. The van der Waals surface area contributed by atoms with Gasteiger partial charge in [-0.3, -0.25) is 0 Å². The van der Waals surface area contributed by atoms with Gasteiger partial charge in [-0.25, -0.2) is 0 Å². The first-order valence-electron chi connectivity index (χ1n) is 5.69. The van der Waals surface area contributed by atoms with E-state index in [4.69, 9.17) is 127 Å². The van der Waals surface area contributed by atoms with Gasteiger partial charge in [0.1, 0.15) is 0 Å². The van der Waals surface area contributed by atoms with E-state index in [1.807, 2.05) is 0 Å². The van der Waals surface area contributed by atoms with Crippen molar-refractivity contribution in [2.75, 3.05) is 0 Å². The van der Waals surface area contributed by atoms with Gasteiger partial charge in [0, 0.05) is 0 Å². The van der Waals surface area contributed by atoms with Crippen LogP contribution in [0, 0.1) is 0 Å². The molecule has 24 heavy (non-hydrogen) atoms. The van der Waals surface area contributed by atoms with Crippen LogP contribution >= 0.6 is 127 Å². The summed E-state index contributed by atoms with van der Waals surface area (Å²) in [5.74, 6) is 0. The van der Waals surface area contributed by atoms with E-state index in [-0.39, 0.29) is 61.2 Å². The summed E-state index contributed by atoms with van der Waals surface area (Å²) in [5, 5.41) is -0.139. The molecular formula is C12BCl11. The summed E-state index contributed by atoms with van der Waals surface area (Å²) in [4.78, 5) is 0. The molecule has 0 saturated carbocycles. The van der Waals surface area contributed by atoms with Crippen LogP contribution in [0.5, 0.6) is 0 Å². The Morgan fingerprint density at radius 2 is 0.500 bits per heavy atom. The number of hydrogen-bond donors (Lipinski definition) is 0. The van der Waals surface area contributed by atoms with Gasteiger partial charge in [0.25, 0.3) is 0 Å². The first kappa shape index (κ1) is 22.0. The number of rotatable bonds is 2. The SMILES string of the molecule is ClB(c1c(Cl)c(Cl)c(Cl)c(Cl)c1Cl)c1c(Cl)c(Cl)c(Cl)c(Cl)c1Cl. The van der Waals surface area contributed by atoms with E-state index in [1.165, 1.54) is 0 Å². The molecule has 0 saturated heterocycles. The lowest BCUT2D eigenvalue weighted by Crippen LogP contribution is -2.40. The molecule has 0 fully saturated rings.